The molecule has 0 aliphatic heterocycles. The Kier molecular flexibility index (Phi) is 3.29. The number of nitrogens with zero attached hydrogens (tertiary/aromatic N) is 2. The third kappa shape index (κ3) is 2.85. The van der Waals surface area contributed by atoms with E-state index in [1.165, 1.54) is 12.8 Å². The molecule has 1 aliphatic carbocycles. The number of aryl methyl sites for hydroxylation is 1. The minimum Gasteiger partial charge on any atom is -0.475 e. The first kappa shape index (κ1) is 11.2. The standard InChI is InChI=1S/C12H19N3O/c1-9-3-6-11(13)12(14-9)16-8-7-15(2)10-4-5-10/h3,6,10H,4-5,7-8,13H2,1-2H3. The molecule has 1 aromatic heterocycles. The molecule has 0 radical (unpaired) electrons. The molecule has 4 nitrogen and oxygen atoms in total. The van der Waals surface area contributed by atoms with Crippen molar-refractivity contribution in [3.8, 4) is 5.88 Å². The highest BCUT2D eigenvalue weighted by Crippen LogP contribution is 2.25. The fraction of sp³-hybridized carbons (Fsp3) is 0.583. The Bertz CT molecular complexity index is 363. The van der Waals surface area contributed by atoms with Crippen molar-refractivity contribution in [2.75, 3.05) is 25.9 Å². The Morgan fingerprint density at radius 3 is 2.94 bits per heavy atom. The normalized spacial score (nSPS) is 15.4. The minimum absolute atomic E-state index is 0.559. The van der Waals surface area contributed by atoms with Gasteiger partial charge in [-0.05, 0) is 38.9 Å². The number of nitrogen functional groups attached to an aromatic ring is 1. The van der Waals surface area contributed by atoms with Gasteiger partial charge < -0.3 is 15.4 Å². The molecule has 1 aromatic rings. The lowest BCUT2D eigenvalue weighted by Gasteiger charge is -2.16. The maximum absolute atomic E-state index is 5.78. The summed E-state index contributed by atoms with van der Waals surface area (Å²) in [7, 11) is 2.13. The molecule has 2 rings (SSSR count). The lowest BCUT2D eigenvalue weighted by molar-refractivity contribution is 0.227. The Morgan fingerprint density at radius 2 is 2.25 bits per heavy atom. The largest absolute Gasteiger partial charge is 0.475 e. The zero-order valence-electron chi connectivity index (χ0n) is 9.94. The van der Waals surface area contributed by atoms with Crippen molar-refractivity contribution in [3.05, 3.63) is 17.8 Å². The van der Waals surface area contributed by atoms with Gasteiger partial charge in [0.05, 0.1) is 5.69 Å². The molecule has 0 atom stereocenters. The molecule has 0 spiro atoms. The predicted octanol–water partition coefficient (Wildman–Crippen LogP) is 1.45. The summed E-state index contributed by atoms with van der Waals surface area (Å²) in [5.41, 5.74) is 7.32. The van der Waals surface area contributed by atoms with Crippen LogP contribution < -0.4 is 10.5 Å². The number of nitrogens with two attached hydrogens (primary N) is 1. The lowest BCUT2D eigenvalue weighted by atomic mass is 10.3. The van der Waals surface area contributed by atoms with Crippen molar-refractivity contribution in [2.45, 2.75) is 25.8 Å². The van der Waals surface area contributed by atoms with E-state index in [9.17, 15) is 0 Å². The van der Waals surface area contributed by atoms with Crippen molar-refractivity contribution >= 4 is 5.69 Å². The third-order valence-electron chi connectivity index (χ3n) is 2.88. The molecule has 88 valence electrons. The first-order chi connectivity index (χ1) is 7.66. The van der Waals surface area contributed by atoms with Crippen molar-refractivity contribution in [1.82, 2.24) is 9.88 Å². The highest BCUT2D eigenvalue weighted by Gasteiger charge is 2.25. The van der Waals surface area contributed by atoms with Crippen LogP contribution in [0.4, 0.5) is 5.69 Å². The topological polar surface area (TPSA) is 51.4 Å². The van der Waals surface area contributed by atoms with Crippen LogP contribution >= 0.6 is 0 Å². The number of hydrogen-bond donors (Lipinski definition) is 1. The van der Waals surface area contributed by atoms with E-state index in [-0.39, 0.29) is 0 Å². The van der Waals surface area contributed by atoms with Crippen LogP contribution in [0.2, 0.25) is 0 Å². The van der Waals surface area contributed by atoms with Gasteiger partial charge in [-0.2, -0.15) is 0 Å². The zero-order chi connectivity index (χ0) is 11.5. The Labute approximate surface area is 96.4 Å². The molecule has 2 N–H and O–H groups in total. The van der Waals surface area contributed by atoms with Gasteiger partial charge in [-0.1, -0.05) is 0 Å². The van der Waals surface area contributed by atoms with Crippen LogP contribution in [-0.2, 0) is 0 Å². The van der Waals surface area contributed by atoms with Crippen molar-refractivity contribution in [1.29, 1.82) is 0 Å². The molecule has 1 heterocycles. The molecule has 0 amide bonds. The molecule has 1 aliphatic rings. The first-order valence-electron chi connectivity index (χ1n) is 5.73. The number of likely N-dealkylation sites (N-methyl/N-ethyl adjacent to an activating group) is 1. The summed E-state index contributed by atoms with van der Waals surface area (Å²) in [6, 6.07) is 4.49. The number of aromatic nitrogens is 1. The van der Waals surface area contributed by atoms with Gasteiger partial charge in [0.1, 0.15) is 6.61 Å². The minimum atomic E-state index is 0.559. The second-order valence-corrected chi connectivity index (χ2v) is 4.41. The average molecular weight is 221 g/mol. The quantitative estimate of drug-likeness (QED) is 0.817. The summed E-state index contributed by atoms with van der Waals surface area (Å²) in [5, 5.41) is 0. The molecule has 4 heteroatoms. The van der Waals surface area contributed by atoms with Gasteiger partial charge in [0.2, 0.25) is 5.88 Å². The first-order valence-corrected chi connectivity index (χ1v) is 5.73. The van der Waals surface area contributed by atoms with Crippen LogP contribution in [0.15, 0.2) is 12.1 Å². The van der Waals surface area contributed by atoms with Crippen LogP contribution in [0.1, 0.15) is 18.5 Å². The van der Waals surface area contributed by atoms with E-state index in [2.05, 4.69) is 16.9 Å². The maximum Gasteiger partial charge on any atom is 0.237 e. The average Bonchev–Trinajstić information content (AvgIpc) is 3.06. The number of rotatable bonds is 5. The van der Waals surface area contributed by atoms with E-state index in [4.69, 9.17) is 10.5 Å². The Hall–Kier alpha value is -1.29. The molecule has 1 saturated carbocycles. The second-order valence-electron chi connectivity index (χ2n) is 4.41. The summed E-state index contributed by atoms with van der Waals surface area (Å²) >= 11 is 0. The SMILES string of the molecule is Cc1ccc(N)c(OCCN(C)C2CC2)n1. The summed E-state index contributed by atoms with van der Waals surface area (Å²) < 4.78 is 5.59. The van der Waals surface area contributed by atoms with Gasteiger partial charge in [0.25, 0.3) is 0 Å². The lowest BCUT2D eigenvalue weighted by Crippen LogP contribution is -2.26. The van der Waals surface area contributed by atoms with Gasteiger partial charge in [-0.25, -0.2) is 4.98 Å². The van der Waals surface area contributed by atoms with E-state index < -0.39 is 0 Å². The van der Waals surface area contributed by atoms with Crippen LogP contribution in [0, 0.1) is 6.92 Å². The third-order valence-corrected chi connectivity index (χ3v) is 2.88. The molecule has 0 unspecified atom stereocenters. The smallest absolute Gasteiger partial charge is 0.237 e. The molecule has 16 heavy (non-hydrogen) atoms. The fourth-order valence-corrected chi connectivity index (χ4v) is 1.64. The summed E-state index contributed by atoms with van der Waals surface area (Å²) in [6.45, 7) is 3.51. The van der Waals surface area contributed by atoms with Crippen LogP contribution in [0.3, 0.4) is 0 Å². The highest BCUT2D eigenvalue weighted by molar-refractivity contribution is 5.48. The molecule has 1 fully saturated rings. The number of pyridine rings is 1. The number of anilines is 1. The van der Waals surface area contributed by atoms with E-state index in [1.807, 2.05) is 19.1 Å². The molecular formula is C12H19N3O. The summed E-state index contributed by atoms with van der Waals surface area (Å²) in [6.07, 6.45) is 2.64. The molecular weight excluding hydrogens is 202 g/mol. The van der Waals surface area contributed by atoms with Crippen LogP contribution in [0.5, 0.6) is 5.88 Å². The number of ether oxygens (including phenoxy) is 1. The molecule has 0 bridgehead atoms. The summed E-state index contributed by atoms with van der Waals surface area (Å²) in [5.74, 6) is 0.559. The van der Waals surface area contributed by atoms with Crippen LogP contribution in [0.25, 0.3) is 0 Å². The second kappa shape index (κ2) is 4.70. The van der Waals surface area contributed by atoms with E-state index in [0.717, 1.165) is 18.3 Å². The highest BCUT2D eigenvalue weighted by atomic mass is 16.5. The van der Waals surface area contributed by atoms with Gasteiger partial charge in [0.15, 0.2) is 0 Å². The molecule has 0 aromatic carbocycles. The molecule has 0 saturated heterocycles. The Balaban J connectivity index is 1.81. The van der Waals surface area contributed by atoms with E-state index >= 15 is 0 Å². The number of hydrogen-bond acceptors (Lipinski definition) is 4. The van der Waals surface area contributed by atoms with Crippen molar-refractivity contribution in [2.24, 2.45) is 0 Å². The van der Waals surface area contributed by atoms with Gasteiger partial charge in [-0.15, -0.1) is 0 Å². The zero-order valence-corrected chi connectivity index (χ0v) is 9.94. The van der Waals surface area contributed by atoms with Gasteiger partial charge in [0, 0.05) is 18.3 Å². The van der Waals surface area contributed by atoms with Crippen molar-refractivity contribution < 1.29 is 4.74 Å². The summed E-state index contributed by atoms with van der Waals surface area (Å²) in [4.78, 5) is 6.59. The Morgan fingerprint density at radius 1 is 1.50 bits per heavy atom. The monoisotopic (exact) mass is 221 g/mol. The van der Waals surface area contributed by atoms with E-state index in [0.29, 0.717) is 18.2 Å². The fourth-order valence-electron chi connectivity index (χ4n) is 1.64. The van der Waals surface area contributed by atoms with Crippen molar-refractivity contribution in [3.63, 3.8) is 0 Å². The van der Waals surface area contributed by atoms with Crippen LogP contribution in [-0.4, -0.2) is 36.1 Å². The van der Waals surface area contributed by atoms with E-state index in [1.54, 1.807) is 0 Å². The predicted molar refractivity (Wildman–Crippen MR) is 64.5 cm³/mol. The van der Waals surface area contributed by atoms with Gasteiger partial charge >= 0.3 is 0 Å². The van der Waals surface area contributed by atoms with Gasteiger partial charge in [-0.3, -0.25) is 0 Å². The maximum atomic E-state index is 5.78.